The number of benzene rings is 2. The first kappa shape index (κ1) is 20.6. The molecule has 0 aliphatic heterocycles. The van der Waals surface area contributed by atoms with Crippen LogP contribution in [0.2, 0.25) is 20.1 Å². The van der Waals surface area contributed by atoms with E-state index in [4.69, 9.17) is 51.1 Å². The van der Waals surface area contributed by atoms with Crippen molar-refractivity contribution >= 4 is 58.2 Å². The molecule has 0 aliphatic carbocycles. The topological polar surface area (TPSA) is 39.9 Å². The lowest BCUT2D eigenvalue weighted by Gasteiger charge is -2.10. The summed E-state index contributed by atoms with van der Waals surface area (Å²) >= 11 is 26.0. The van der Waals surface area contributed by atoms with Gasteiger partial charge in [0, 0.05) is 27.4 Å². The van der Waals surface area contributed by atoms with E-state index >= 15 is 0 Å². The van der Waals surface area contributed by atoms with Crippen LogP contribution >= 0.6 is 58.2 Å². The molecule has 3 rings (SSSR count). The summed E-state index contributed by atoms with van der Waals surface area (Å²) in [6, 6.07) is 10.6. The van der Waals surface area contributed by atoms with Crippen LogP contribution in [0.4, 0.5) is 0 Å². The first-order valence-electron chi connectivity index (χ1n) is 8.05. The Morgan fingerprint density at radius 3 is 2.41 bits per heavy atom. The van der Waals surface area contributed by atoms with Crippen LogP contribution in [0.25, 0.3) is 0 Å². The van der Waals surface area contributed by atoms with Gasteiger partial charge in [0.15, 0.2) is 11.0 Å². The smallest absolute Gasteiger partial charge is 0.191 e. The highest BCUT2D eigenvalue weighted by molar-refractivity contribution is 7.98. The van der Waals surface area contributed by atoms with Gasteiger partial charge in [-0.25, -0.2) is 0 Å². The molecule has 2 aromatic carbocycles. The molecule has 0 saturated carbocycles. The van der Waals surface area contributed by atoms with Crippen molar-refractivity contribution in [2.75, 3.05) is 0 Å². The van der Waals surface area contributed by atoms with Crippen LogP contribution in [0.1, 0.15) is 18.3 Å². The van der Waals surface area contributed by atoms with Crippen molar-refractivity contribution in [1.82, 2.24) is 14.8 Å². The second kappa shape index (κ2) is 9.39. The summed E-state index contributed by atoms with van der Waals surface area (Å²) in [6.07, 6.45) is 0. The molecule has 0 N–H and O–H groups in total. The third-order valence-electron chi connectivity index (χ3n) is 3.77. The molecule has 27 heavy (non-hydrogen) atoms. The van der Waals surface area contributed by atoms with Gasteiger partial charge in [0.1, 0.15) is 12.4 Å². The molecule has 4 nitrogen and oxygen atoms in total. The molecule has 3 aromatic rings. The van der Waals surface area contributed by atoms with Crippen molar-refractivity contribution in [3.8, 4) is 5.75 Å². The molecular weight excluding hydrogens is 448 g/mol. The van der Waals surface area contributed by atoms with Crippen LogP contribution in [0.3, 0.4) is 0 Å². The predicted octanol–water partition coefficient (Wildman–Crippen LogP) is 6.78. The zero-order valence-electron chi connectivity index (χ0n) is 14.3. The molecule has 0 fully saturated rings. The number of ether oxygens (including phenoxy) is 1. The molecule has 0 amide bonds. The Morgan fingerprint density at radius 1 is 1.00 bits per heavy atom. The molecule has 1 heterocycles. The molecular formula is C18H15Cl4N3OS. The van der Waals surface area contributed by atoms with E-state index in [2.05, 4.69) is 10.2 Å². The molecule has 0 saturated heterocycles. The fourth-order valence-electron chi connectivity index (χ4n) is 2.39. The van der Waals surface area contributed by atoms with Crippen molar-refractivity contribution in [3.05, 3.63) is 67.9 Å². The van der Waals surface area contributed by atoms with Gasteiger partial charge >= 0.3 is 0 Å². The first-order chi connectivity index (χ1) is 13.0. The normalized spacial score (nSPS) is 11.0. The van der Waals surface area contributed by atoms with E-state index in [1.165, 1.54) is 11.8 Å². The van der Waals surface area contributed by atoms with Crippen LogP contribution in [0, 0.1) is 0 Å². The van der Waals surface area contributed by atoms with E-state index in [1.54, 1.807) is 18.2 Å². The van der Waals surface area contributed by atoms with Gasteiger partial charge < -0.3 is 9.30 Å². The fourth-order valence-corrected chi connectivity index (χ4v) is 4.62. The van der Waals surface area contributed by atoms with Crippen LogP contribution in [-0.2, 0) is 18.9 Å². The Kier molecular flexibility index (Phi) is 7.17. The Balaban J connectivity index is 1.71. The van der Waals surface area contributed by atoms with Gasteiger partial charge in [-0.15, -0.1) is 10.2 Å². The zero-order valence-corrected chi connectivity index (χ0v) is 18.1. The lowest BCUT2D eigenvalue weighted by molar-refractivity contribution is 0.288. The van der Waals surface area contributed by atoms with Gasteiger partial charge in [-0.1, -0.05) is 64.2 Å². The van der Waals surface area contributed by atoms with E-state index in [0.717, 1.165) is 10.7 Å². The van der Waals surface area contributed by atoms with Crippen molar-refractivity contribution < 1.29 is 4.74 Å². The Bertz CT molecular complexity index is 928. The average Bonchev–Trinajstić information content (AvgIpc) is 3.02. The third-order valence-corrected chi connectivity index (χ3v) is 6.00. The summed E-state index contributed by atoms with van der Waals surface area (Å²) < 4.78 is 7.75. The number of nitrogens with zero attached hydrogens (tertiary/aromatic N) is 3. The Morgan fingerprint density at radius 2 is 1.74 bits per heavy atom. The van der Waals surface area contributed by atoms with E-state index in [1.807, 2.05) is 29.7 Å². The number of aromatic nitrogens is 3. The molecule has 1 aromatic heterocycles. The van der Waals surface area contributed by atoms with Gasteiger partial charge in [-0.2, -0.15) is 0 Å². The highest BCUT2D eigenvalue weighted by Gasteiger charge is 2.14. The summed E-state index contributed by atoms with van der Waals surface area (Å²) in [7, 11) is 0. The Labute approximate surface area is 181 Å². The predicted molar refractivity (Wildman–Crippen MR) is 113 cm³/mol. The maximum atomic E-state index is 6.24. The molecule has 0 bridgehead atoms. The van der Waals surface area contributed by atoms with Gasteiger partial charge in [-0.3, -0.25) is 0 Å². The number of thioether (sulfide) groups is 1. The lowest BCUT2D eigenvalue weighted by atomic mass is 10.2. The monoisotopic (exact) mass is 461 g/mol. The molecule has 0 spiro atoms. The van der Waals surface area contributed by atoms with Crippen LogP contribution < -0.4 is 4.74 Å². The maximum absolute atomic E-state index is 6.24. The van der Waals surface area contributed by atoms with Gasteiger partial charge in [0.2, 0.25) is 0 Å². The molecule has 0 atom stereocenters. The number of rotatable bonds is 7. The first-order valence-corrected chi connectivity index (χ1v) is 10.5. The van der Waals surface area contributed by atoms with Gasteiger partial charge in [-0.05, 0) is 42.8 Å². The summed E-state index contributed by atoms with van der Waals surface area (Å²) in [4.78, 5) is 0. The van der Waals surface area contributed by atoms with Crippen molar-refractivity contribution in [1.29, 1.82) is 0 Å². The Hall–Kier alpha value is -1.11. The summed E-state index contributed by atoms with van der Waals surface area (Å²) in [5.74, 6) is 1.85. The minimum Gasteiger partial charge on any atom is -0.484 e. The molecule has 0 unspecified atom stereocenters. The van der Waals surface area contributed by atoms with Gasteiger partial charge in [0.05, 0.1) is 5.02 Å². The van der Waals surface area contributed by atoms with Crippen LogP contribution in [0.15, 0.2) is 41.6 Å². The highest BCUT2D eigenvalue weighted by Crippen LogP contribution is 2.32. The molecule has 9 heteroatoms. The molecule has 0 aliphatic rings. The summed E-state index contributed by atoms with van der Waals surface area (Å²) in [5.41, 5.74) is 0.877. The lowest BCUT2D eigenvalue weighted by Crippen LogP contribution is -2.07. The maximum Gasteiger partial charge on any atom is 0.191 e. The van der Waals surface area contributed by atoms with Crippen molar-refractivity contribution in [3.63, 3.8) is 0 Å². The largest absolute Gasteiger partial charge is 0.484 e. The number of halogens is 4. The third kappa shape index (κ3) is 5.04. The number of hydrogen-bond donors (Lipinski definition) is 0. The average molecular weight is 463 g/mol. The second-order valence-electron chi connectivity index (χ2n) is 5.50. The van der Waals surface area contributed by atoms with Crippen molar-refractivity contribution in [2.24, 2.45) is 0 Å². The van der Waals surface area contributed by atoms with E-state index in [-0.39, 0.29) is 6.61 Å². The van der Waals surface area contributed by atoms with Crippen LogP contribution in [-0.4, -0.2) is 14.8 Å². The summed E-state index contributed by atoms with van der Waals surface area (Å²) in [5, 5.41) is 11.6. The standard InChI is InChI=1S/C18H15Cl4N3OS/c1-2-25-17(9-26-16-7-6-11(19)8-15(16)22)23-24-18(25)27-10-12-13(20)4-3-5-14(12)21/h3-8H,2,9-10H2,1H3. The van der Waals surface area contributed by atoms with E-state index in [0.29, 0.717) is 44.0 Å². The van der Waals surface area contributed by atoms with Gasteiger partial charge in [0.25, 0.3) is 0 Å². The SMILES string of the molecule is CCn1c(COc2ccc(Cl)cc2Cl)nnc1SCc1c(Cl)cccc1Cl. The quantitative estimate of drug-likeness (QED) is 0.362. The zero-order chi connectivity index (χ0) is 19.4. The second-order valence-corrected chi connectivity index (χ2v) is 8.10. The highest BCUT2D eigenvalue weighted by atomic mass is 35.5. The van der Waals surface area contributed by atoms with Crippen LogP contribution in [0.5, 0.6) is 5.75 Å². The minimum absolute atomic E-state index is 0.246. The van der Waals surface area contributed by atoms with Crippen molar-refractivity contribution in [2.45, 2.75) is 31.0 Å². The summed E-state index contributed by atoms with van der Waals surface area (Å²) in [6.45, 7) is 2.98. The minimum atomic E-state index is 0.246. The van der Waals surface area contributed by atoms with E-state index in [9.17, 15) is 0 Å². The number of hydrogen-bond acceptors (Lipinski definition) is 4. The molecule has 142 valence electrons. The molecule has 0 radical (unpaired) electrons. The fraction of sp³-hybridized carbons (Fsp3) is 0.222. The van der Waals surface area contributed by atoms with E-state index < -0.39 is 0 Å².